The first-order valence-corrected chi connectivity index (χ1v) is 11.2. The number of anilines is 1. The number of aryl methyl sites for hydroxylation is 1. The summed E-state index contributed by atoms with van der Waals surface area (Å²) in [5.74, 6) is 0.370. The van der Waals surface area contributed by atoms with Gasteiger partial charge in [-0.15, -0.1) is 0 Å². The molecule has 3 aromatic carbocycles. The Morgan fingerprint density at radius 2 is 1.56 bits per heavy atom. The Balaban J connectivity index is 1.62. The minimum absolute atomic E-state index is 0.0786. The van der Waals surface area contributed by atoms with E-state index in [1.165, 1.54) is 6.21 Å². The van der Waals surface area contributed by atoms with Crippen LogP contribution in [0, 0.1) is 12.3 Å². The summed E-state index contributed by atoms with van der Waals surface area (Å²) in [6.07, 6.45) is 1.18. The topological polar surface area (TPSA) is 97.7 Å². The van der Waals surface area contributed by atoms with Gasteiger partial charge in [-0.3, -0.25) is 4.79 Å². The average molecular weight is 457 g/mol. The Labute approximate surface area is 199 Å². The van der Waals surface area contributed by atoms with Gasteiger partial charge in [0.2, 0.25) is 5.76 Å². The highest BCUT2D eigenvalue weighted by Crippen LogP contribution is 2.26. The molecule has 1 aliphatic rings. The number of phenols is 1. The van der Waals surface area contributed by atoms with Crippen LogP contribution in [0.2, 0.25) is 0 Å². The highest BCUT2D eigenvalue weighted by atomic mass is 16.5. The summed E-state index contributed by atoms with van der Waals surface area (Å²) in [4.78, 5) is 15.3. The second kappa shape index (κ2) is 10.7. The Hall–Kier alpha value is -4.10. The molecule has 0 bridgehead atoms. The number of amides is 1. The number of nitrogens with zero attached hydrogens (tertiary/aromatic N) is 1. The average Bonchev–Trinajstić information content (AvgIpc) is 2.87. The molecular weight excluding hydrogens is 428 g/mol. The van der Waals surface area contributed by atoms with E-state index in [1.54, 1.807) is 24.3 Å². The van der Waals surface area contributed by atoms with Gasteiger partial charge in [0.15, 0.2) is 0 Å². The molecule has 1 fully saturated rings. The zero-order valence-electron chi connectivity index (χ0n) is 19.0. The van der Waals surface area contributed by atoms with E-state index >= 15 is 0 Å². The van der Waals surface area contributed by atoms with E-state index in [-0.39, 0.29) is 11.5 Å². The van der Waals surface area contributed by atoms with Gasteiger partial charge in [0, 0.05) is 38.1 Å². The number of phenolic OH excluding ortho intramolecular Hbond substituents is 1. The third-order valence-corrected chi connectivity index (χ3v) is 5.62. The molecule has 7 nitrogen and oxygen atoms in total. The summed E-state index contributed by atoms with van der Waals surface area (Å²) < 4.78 is 6.10. The number of hydrogen-bond donors (Lipinski definition) is 4. The molecule has 0 unspecified atom stereocenters. The largest absolute Gasteiger partial charge is 0.508 e. The van der Waals surface area contributed by atoms with Crippen LogP contribution in [0.25, 0.3) is 11.1 Å². The molecule has 0 radical (unpaired) electrons. The van der Waals surface area contributed by atoms with Gasteiger partial charge in [-0.2, -0.15) is 0 Å². The number of carbonyl (C=O) groups is 1. The smallest absolute Gasteiger partial charge is 0.293 e. The van der Waals surface area contributed by atoms with Crippen molar-refractivity contribution in [2.24, 2.45) is 0 Å². The summed E-state index contributed by atoms with van der Waals surface area (Å²) in [6.45, 7) is 4.88. The van der Waals surface area contributed by atoms with Crippen LogP contribution in [0.5, 0.6) is 11.5 Å². The number of nitrogens with one attached hydrogen (secondary N) is 3. The monoisotopic (exact) mass is 456 g/mol. The van der Waals surface area contributed by atoms with Crippen molar-refractivity contribution in [1.29, 1.82) is 5.41 Å². The lowest BCUT2D eigenvalue weighted by Crippen LogP contribution is -2.44. The van der Waals surface area contributed by atoms with Crippen molar-refractivity contribution in [2.45, 2.75) is 6.92 Å². The molecule has 0 atom stereocenters. The molecule has 3 aromatic rings. The fraction of sp³-hybridized carbons (Fsp3) is 0.185. The van der Waals surface area contributed by atoms with Crippen molar-refractivity contribution in [3.8, 4) is 22.6 Å². The third kappa shape index (κ3) is 5.63. The number of ether oxygens (including phenoxy) is 1. The predicted octanol–water partition coefficient (Wildman–Crippen LogP) is 4.15. The van der Waals surface area contributed by atoms with Gasteiger partial charge in [-0.25, -0.2) is 0 Å². The van der Waals surface area contributed by atoms with Crippen molar-refractivity contribution in [2.75, 3.05) is 31.5 Å². The SMILES string of the molecule is Cc1ccc(NC(=O)/C(Oc2ccc(-c3ccc(O)cc3)cc2)=C(\C=N)N2CCNCC2)cc1. The zero-order chi connectivity index (χ0) is 23.9. The molecule has 4 N–H and O–H groups in total. The lowest BCUT2D eigenvalue weighted by molar-refractivity contribution is -0.115. The van der Waals surface area contributed by atoms with Crippen LogP contribution in [0.1, 0.15) is 5.56 Å². The van der Waals surface area contributed by atoms with Crippen LogP contribution in [0.3, 0.4) is 0 Å². The van der Waals surface area contributed by atoms with Crippen molar-refractivity contribution in [3.63, 3.8) is 0 Å². The highest BCUT2D eigenvalue weighted by Gasteiger charge is 2.23. The molecule has 7 heteroatoms. The lowest BCUT2D eigenvalue weighted by atomic mass is 10.1. The van der Waals surface area contributed by atoms with Gasteiger partial charge in [0.05, 0.1) is 0 Å². The molecule has 0 saturated carbocycles. The van der Waals surface area contributed by atoms with Gasteiger partial charge >= 0.3 is 0 Å². The fourth-order valence-corrected chi connectivity index (χ4v) is 3.73. The Morgan fingerprint density at radius 1 is 0.971 bits per heavy atom. The number of rotatable bonds is 7. The normalized spacial score (nSPS) is 14.2. The first-order valence-electron chi connectivity index (χ1n) is 11.2. The van der Waals surface area contributed by atoms with Gasteiger partial charge in [-0.05, 0) is 54.4 Å². The number of hydrogen-bond acceptors (Lipinski definition) is 6. The van der Waals surface area contributed by atoms with Gasteiger partial charge in [-0.1, -0.05) is 42.0 Å². The highest BCUT2D eigenvalue weighted by molar-refractivity contribution is 6.05. The van der Waals surface area contributed by atoms with E-state index in [1.807, 2.05) is 60.4 Å². The maximum absolute atomic E-state index is 13.3. The first-order chi connectivity index (χ1) is 16.5. The molecule has 174 valence electrons. The van der Waals surface area contributed by atoms with E-state index in [0.29, 0.717) is 30.2 Å². The zero-order valence-corrected chi connectivity index (χ0v) is 19.0. The van der Waals surface area contributed by atoms with Gasteiger partial charge in [0.1, 0.15) is 17.2 Å². The molecule has 1 heterocycles. The number of benzene rings is 3. The predicted molar refractivity (Wildman–Crippen MR) is 134 cm³/mol. The maximum Gasteiger partial charge on any atom is 0.293 e. The second-order valence-electron chi connectivity index (χ2n) is 8.09. The summed E-state index contributed by atoms with van der Waals surface area (Å²) in [5, 5.41) is 23.7. The molecule has 1 amide bonds. The van der Waals surface area contributed by atoms with Crippen LogP contribution >= 0.6 is 0 Å². The number of piperazine rings is 1. The standard InChI is InChI=1S/C27H28N4O3/c1-19-2-8-22(9-3-19)30-27(33)26(25(18-28)31-16-14-29-15-17-31)34-24-12-6-21(7-13-24)20-4-10-23(32)11-5-20/h2-13,18,28-29,32H,14-17H2,1H3,(H,30,33)/b26-25-,28-18?. The van der Waals surface area contributed by atoms with Crippen molar-refractivity contribution < 1.29 is 14.6 Å². The lowest BCUT2D eigenvalue weighted by Gasteiger charge is -2.30. The van der Waals surface area contributed by atoms with Crippen LogP contribution in [0.4, 0.5) is 5.69 Å². The molecule has 1 aliphatic heterocycles. The van der Waals surface area contributed by atoms with Crippen molar-refractivity contribution >= 4 is 17.8 Å². The van der Waals surface area contributed by atoms with E-state index < -0.39 is 5.91 Å². The fourth-order valence-electron chi connectivity index (χ4n) is 3.73. The summed E-state index contributed by atoms with van der Waals surface area (Å²) in [5.41, 5.74) is 4.10. The Morgan fingerprint density at radius 3 is 2.15 bits per heavy atom. The second-order valence-corrected chi connectivity index (χ2v) is 8.09. The van der Waals surface area contributed by atoms with Gasteiger partial charge in [0.25, 0.3) is 5.91 Å². The number of allylic oxidation sites excluding steroid dienone is 1. The van der Waals surface area contributed by atoms with E-state index in [0.717, 1.165) is 29.8 Å². The quantitative estimate of drug-likeness (QED) is 0.243. The molecule has 1 saturated heterocycles. The summed E-state index contributed by atoms with van der Waals surface area (Å²) in [7, 11) is 0. The molecule has 4 rings (SSSR count). The van der Waals surface area contributed by atoms with Crippen LogP contribution in [-0.4, -0.2) is 48.3 Å². The van der Waals surface area contributed by atoms with Crippen molar-refractivity contribution in [3.05, 3.63) is 89.8 Å². The van der Waals surface area contributed by atoms with E-state index in [4.69, 9.17) is 10.1 Å². The molecule has 34 heavy (non-hydrogen) atoms. The molecule has 0 aromatic heterocycles. The van der Waals surface area contributed by atoms with Crippen LogP contribution in [0.15, 0.2) is 84.3 Å². The maximum atomic E-state index is 13.3. The van der Waals surface area contributed by atoms with Crippen LogP contribution in [-0.2, 0) is 4.79 Å². The van der Waals surface area contributed by atoms with Crippen LogP contribution < -0.4 is 15.4 Å². The molecule has 0 spiro atoms. The van der Waals surface area contributed by atoms with Gasteiger partial charge < -0.3 is 30.8 Å². The van der Waals surface area contributed by atoms with E-state index in [2.05, 4.69) is 10.6 Å². The Bertz CT molecular complexity index is 1160. The minimum atomic E-state index is -0.413. The van der Waals surface area contributed by atoms with E-state index in [9.17, 15) is 9.90 Å². The first kappa shape index (κ1) is 23.1. The molecular formula is C27H28N4O3. The number of carbonyl (C=O) groups excluding carboxylic acids is 1. The minimum Gasteiger partial charge on any atom is -0.508 e. The summed E-state index contributed by atoms with van der Waals surface area (Å²) >= 11 is 0. The number of aromatic hydroxyl groups is 1. The Kier molecular flexibility index (Phi) is 7.25. The third-order valence-electron chi connectivity index (χ3n) is 5.62. The molecule has 0 aliphatic carbocycles. The van der Waals surface area contributed by atoms with Crippen molar-refractivity contribution in [1.82, 2.24) is 10.2 Å². The summed E-state index contributed by atoms with van der Waals surface area (Å²) in [6, 6.07) is 21.9.